The zero-order valence-corrected chi connectivity index (χ0v) is 15.8. The zero-order chi connectivity index (χ0) is 18.6. The highest BCUT2D eigenvalue weighted by Crippen LogP contribution is 2.28. The molecule has 0 saturated heterocycles. The maximum atomic E-state index is 12.4. The van der Waals surface area contributed by atoms with Gasteiger partial charge in [0.05, 0.1) is 40.2 Å². The lowest BCUT2D eigenvalue weighted by Gasteiger charge is -2.15. The molecule has 0 aliphatic rings. The Hall–Kier alpha value is -1.67. The maximum Gasteiger partial charge on any atom is 0.339 e. The molecule has 1 heterocycles. The van der Waals surface area contributed by atoms with E-state index in [9.17, 15) is 13.2 Å². The van der Waals surface area contributed by atoms with Crippen LogP contribution in [0.5, 0.6) is 0 Å². The Morgan fingerprint density at radius 2 is 1.96 bits per heavy atom. The number of halogens is 2. The van der Waals surface area contributed by atoms with Gasteiger partial charge in [-0.25, -0.2) is 17.9 Å². The largest absolute Gasteiger partial charge is 0.465 e. The van der Waals surface area contributed by atoms with Crippen molar-refractivity contribution in [2.24, 2.45) is 0 Å². The lowest BCUT2D eigenvalue weighted by molar-refractivity contribution is 0.0600. The number of hydrogen-bond acceptors (Lipinski definition) is 5. The van der Waals surface area contributed by atoms with Gasteiger partial charge in [0.2, 0.25) is 10.0 Å². The first kappa shape index (κ1) is 19.7. The lowest BCUT2D eigenvalue weighted by Crippen LogP contribution is -2.28. The van der Waals surface area contributed by atoms with Crippen LogP contribution in [-0.4, -0.2) is 26.5 Å². The third-order valence-corrected chi connectivity index (χ3v) is 6.07. The van der Waals surface area contributed by atoms with Crippen molar-refractivity contribution in [3.8, 4) is 0 Å². The number of benzene rings is 1. The van der Waals surface area contributed by atoms with Crippen LogP contribution in [0.15, 0.2) is 36.5 Å². The molecular weight excluding hydrogens is 387 g/mol. The number of nitrogens with zero attached hydrogens (tertiary/aromatic N) is 1. The smallest absolute Gasteiger partial charge is 0.339 e. The predicted molar refractivity (Wildman–Crippen MR) is 96.2 cm³/mol. The zero-order valence-electron chi connectivity index (χ0n) is 13.5. The highest BCUT2D eigenvalue weighted by atomic mass is 35.5. The van der Waals surface area contributed by atoms with Gasteiger partial charge in [-0.3, -0.25) is 4.98 Å². The molecule has 1 unspecified atom stereocenters. The quantitative estimate of drug-likeness (QED) is 0.748. The highest BCUT2D eigenvalue weighted by Gasteiger charge is 2.23. The third-order valence-electron chi connectivity index (χ3n) is 3.58. The molecule has 0 radical (unpaired) electrons. The Morgan fingerprint density at radius 3 is 2.52 bits per heavy atom. The Kier molecular flexibility index (Phi) is 6.40. The van der Waals surface area contributed by atoms with Crippen LogP contribution < -0.4 is 4.72 Å². The minimum absolute atomic E-state index is 0.00452. The first-order chi connectivity index (χ1) is 11.7. The van der Waals surface area contributed by atoms with Crippen LogP contribution in [0, 0.1) is 0 Å². The fraction of sp³-hybridized carbons (Fsp3) is 0.250. The van der Waals surface area contributed by atoms with E-state index in [2.05, 4.69) is 14.4 Å². The summed E-state index contributed by atoms with van der Waals surface area (Å²) < 4.78 is 31.9. The van der Waals surface area contributed by atoms with Crippen LogP contribution in [0.4, 0.5) is 0 Å². The first-order valence-electron chi connectivity index (χ1n) is 7.21. The molecule has 6 nitrogen and oxygen atoms in total. The number of pyridine rings is 1. The molecule has 1 aromatic carbocycles. The number of ether oxygens (including phenoxy) is 1. The monoisotopic (exact) mass is 402 g/mol. The van der Waals surface area contributed by atoms with Crippen molar-refractivity contribution in [1.82, 2.24) is 9.71 Å². The molecule has 1 N–H and O–H groups in total. The van der Waals surface area contributed by atoms with Gasteiger partial charge in [-0.2, -0.15) is 0 Å². The molecule has 0 aliphatic heterocycles. The van der Waals surface area contributed by atoms with E-state index in [-0.39, 0.29) is 6.54 Å². The van der Waals surface area contributed by atoms with E-state index < -0.39 is 21.2 Å². The number of sulfonamides is 1. The van der Waals surface area contributed by atoms with Gasteiger partial charge in [-0.15, -0.1) is 0 Å². The normalized spacial score (nSPS) is 12.6. The molecule has 0 amide bonds. The summed E-state index contributed by atoms with van der Waals surface area (Å²) in [5.41, 5.74) is 1.28. The van der Waals surface area contributed by atoms with E-state index in [1.165, 1.54) is 25.4 Å². The van der Waals surface area contributed by atoms with E-state index >= 15 is 0 Å². The summed E-state index contributed by atoms with van der Waals surface area (Å²) in [6, 6.07) is 7.76. The number of aromatic nitrogens is 1. The average Bonchev–Trinajstić information content (AvgIpc) is 2.61. The summed E-state index contributed by atoms with van der Waals surface area (Å²) in [4.78, 5) is 15.4. The van der Waals surface area contributed by atoms with Crippen LogP contribution >= 0.6 is 23.2 Å². The van der Waals surface area contributed by atoms with Crippen molar-refractivity contribution in [3.63, 3.8) is 0 Å². The van der Waals surface area contributed by atoms with Gasteiger partial charge in [-0.1, -0.05) is 29.3 Å². The summed E-state index contributed by atoms with van der Waals surface area (Å²) in [5.74, 6) is -0.507. The van der Waals surface area contributed by atoms with Crippen LogP contribution in [0.2, 0.25) is 10.0 Å². The maximum absolute atomic E-state index is 12.4. The van der Waals surface area contributed by atoms with Crippen molar-refractivity contribution < 1.29 is 17.9 Å². The number of nitrogens with one attached hydrogen (secondary N) is 1. The number of rotatable bonds is 6. The van der Waals surface area contributed by atoms with Crippen LogP contribution in [-0.2, 0) is 21.3 Å². The second-order valence-corrected chi connectivity index (χ2v) is 8.11. The fourth-order valence-corrected chi connectivity index (χ4v) is 3.42. The summed E-state index contributed by atoms with van der Waals surface area (Å²) >= 11 is 11.8. The molecule has 0 fully saturated rings. The predicted octanol–water partition coefficient (Wildman–Crippen LogP) is 3.36. The summed E-state index contributed by atoms with van der Waals surface area (Å²) in [7, 11) is -2.38. The Balaban J connectivity index is 2.07. The molecule has 0 spiro atoms. The molecule has 1 aromatic heterocycles. The van der Waals surface area contributed by atoms with Gasteiger partial charge in [-0.05, 0) is 36.8 Å². The summed E-state index contributed by atoms with van der Waals surface area (Å²) in [6.07, 6.45) is 1.33. The topological polar surface area (TPSA) is 85.4 Å². The molecule has 0 aliphatic carbocycles. The molecule has 25 heavy (non-hydrogen) atoms. The standard InChI is InChI=1S/C16H16Cl2N2O4S/c1-10(11-4-6-14(17)15(18)7-11)25(22,23)20-9-13-5-3-12(8-19-13)16(21)24-2/h3-8,10,20H,9H2,1-2H3. The molecule has 0 bridgehead atoms. The summed E-state index contributed by atoms with van der Waals surface area (Å²) in [6.45, 7) is 1.55. The van der Waals surface area contributed by atoms with Crippen LogP contribution in [0.1, 0.15) is 33.8 Å². The molecule has 9 heteroatoms. The Bertz CT molecular complexity index is 870. The third kappa shape index (κ3) is 4.92. The lowest BCUT2D eigenvalue weighted by atomic mass is 10.2. The van der Waals surface area contributed by atoms with Crippen molar-refractivity contribution >= 4 is 39.2 Å². The van der Waals surface area contributed by atoms with Gasteiger partial charge in [0, 0.05) is 6.20 Å². The molecule has 0 saturated carbocycles. The van der Waals surface area contributed by atoms with Gasteiger partial charge < -0.3 is 4.74 Å². The molecular formula is C16H16Cl2N2O4S. The number of esters is 1. The minimum Gasteiger partial charge on any atom is -0.465 e. The van der Waals surface area contributed by atoms with Crippen molar-refractivity contribution in [3.05, 3.63) is 63.4 Å². The minimum atomic E-state index is -3.66. The van der Waals surface area contributed by atoms with E-state index in [0.29, 0.717) is 26.9 Å². The van der Waals surface area contributed by atoms with E-state index in [1.807, 2.05) is 0 Å². The van der Waals surface area contributed by atoms with E-state index in [4.69, 9.17) is 23.2 Å². The van der Waals surface area contributed by atoms with Crippen molar-refractivity contribution in [2.45, 2.75) is 18.7 Å². The van der Waals surface area contributed by atoms with E-state index in [1.54, 1.807) is 25.1 Å². The van der Waals surface area contributed by atoms with Crippen molar-refractivity contribution in [1.29, 1.82) is 0 Å². The van der Waals surface area contributed by atoms with Gasteiger partial charge in [0.25, 0.3) is 0 Å². The molecule has 134 valence electrons. The van der Waals surface area contributed by atoms with Crippen molar-refractivity contribution in [2.75, 3.05) is 7.11 Å². The highest BCUT2D eigenvalue weighted by molar-refractivity contribution is 7.89. The molecule has 2 rings (SSSR count). The second-order valence-electron chi connectivity index (χ2n) is 5.21. The number of carbonyl (C=O) groups excluding carboxylic acids is 1. The van der Waals surface area contributed by atoms with Gasteiger partial charge in [0.1, 0.15) is 0 Å². The fourth-order valence-electron chi connectivity index (χ4n) is 2.01. The SMILES string of the molecule is COC(=O)c1ccc(CNS(=O)(=O)C(C)c2ccc(Cl)c(Cl)c2)nc1. The first-order valence-corrected chi connectivity index (χ1v) is 9.51. The molecule has 2 aromatic rings. The second kappa shape index (κ2) is 8.14. The van der Waals surface area contributed by atoms with Crippen LogP contribution in [0.3, 0.4) is 0 Å². The Morgan fingerprint density at radius 1 is 1.24 bits per heavy atom. The number of methoxy groups -OCH3 is 1. The molecule has 1 atom stereocenters. The summed E-state index contributed by atoms with van der Waals surface area (Å²) in [5, 5.41) is -0.171. The number of hydrogen-bond donors (Lipinski definition) is 1. The van der Waals surface area contributed by atoms with Gasteiger partial charge >= 0.3 is 5.97 Å². The Labute approximate surface area is 156 Å². The average molecular weight is 403 g/mol. The van der Waals surface area contributed by atoms with E-state index in [0.717, 1.165) is 0 Å². The van der Waals surface area contributed by atoms with Gasteiger partial charge in [0.15, 0.2) is 0 Å². The number of carbonyl (C=O) groups is 1. The van der Waals surface area contributed by atoms with Crippen LogP contribution in [0.25, 0.3) is 0 Å².